The van der Waals surface area contributed by atoms with E-state index in [0.717, 1.165) is 0 Å². The maximum atomic E-state index is 10.4. The molecule has 0 aliphatic carbocycles. The summed E-state index contributed by atoms with van der Waals surface area (Å²) in [5.41, 5.74) is 0. The van der Waals surface area contributed by atoms with Gasteiger partial charge in [0.25, 0.3) is 0 Å². The van der Waals surface area contributed by atoms with E-state index in [-0.39, 0.29) is 62.6 Å². The van der Waals surface area contributed by atoms with Crippen LogP contribution in [0, 0.1) is 0 Å². The van der Waals surface area contributed by atoms with Crippen molar-refractivity contribution in [1.29, 1.82) is 0 Å². The van der Waals surface area contributed by atoms with E-state index in [9.17, 15) is 17.5 Å². The van der Waals surface area contributed by atoms with E-state index in [0.29, 0.717) is 25.7 Å². The number of hydrogen-bond acceptors (Lipinski definition) is 8. The molecule has 0 heterocycles. The zero-order valence-corrected chi connectivity index (χ0v) is 15.9. The van der Waals surface area contributed by atoms with E-state index in [4.69, 9.17) is 0 Å². The van der Waals surface area contributed by atoms with Crippen LogP contribution in [-0.4, -0.2) is 63.6 Å². The van der Waals surface area contributed by atoms with E-state index in [1.165, 1.54) is 0 Å². The van der Waals surface area contributed by atoms with Crippen molar-refractivity contribution >= 4 is 40.5 Å². The third kappa shape index (κ3) is 51.8. The molecule has 23 heavy (non-hydrogen) atoms. The van der Waals surface area contributed by atoms with Crippen LogP contribution >= 0.6 is 0 Å². The summed E-state index contributed by atoms with van der Waals surface area (Å²) in [6.45, 7) is 0.0953. The minimum absolute atomic E-state index is 0. The third-order valence-corrected chi connectivity index (χ3v) is 2.98. The molecule has 0 aliphatic heterocycles. The van der Waals surface area contributed by atoms with Gasteiger partial charge in [0.2, 0.25) is 0 Å². The van der Waals surface area contributed by atoms with Crippen molar-refractivity contribution in [2.24, 2.45) is 0 Å². The minimum atomic E-state index is -3.78. The second-order valence-electron chi connectivity index (χ2n) is 2.87. The first-order valence-electron chi connectivity index (χ1n) is 4.41. The van der Waals surface area contributed by atoms with Gasteiger partial charge in [-0.2, -0.15) is 0 Å². The van der Waals surface area contributed by atoms with Crippen LogP contribution in [0.2, 0.25) is 0 Å². The summed E-state index contributed by atoms with van der Waals surface area (Å²) < 4.78 is 50.2. The van der Waals surface area contributed by atoms with Crippen molar-refractivity contribution in [2.45, 2.75) is 25.7 Å². The van der Waals surface area contributed by atoms with Gasteiger partial charge in [0.1, 0.15) is 0 Å². The molecule has 12 nitrogen and oxygen atoms in total. The molecule has 0 aromatic heterocycles. The molecule has 0 fully saturated rings. The monoisotopic (exact) mass is 474 g/mol. The maximum absolute atomic E-state index is 10.4. The summed E-state index contributed by atoms with van der Waals surface area (Å²) in [5, 5.41) is 0. The molecule has 0 saturated carbocycles. The predicted octanol–water partition coefficient (Wildman–Crippen LogP) is -4.79. The van der Waals surface area contributed by atoms with Gasteiger partial charge in [-0.15, -0.1) is 0 Å². The van der Waals surface area contributed by atoms with E-state index < -0.39 is 18.1 Å². The van der Waals surface area contributed by atoms with Crippen molar-refractivity contribution in [1.82, 2.24) is 0 Å². The molecular weight excluding hydrogens is 451 g/mol. The molecule has 154 valence electrons. The Morgan fingerprint density at radius 3 is 1.04 bits per heavy atom. The zero-order chi connectivity index (χ0) is 12.7. The van der Waals surface area contributed by atoms with Crippen molar-refractivity contribution in [3.8, 4) is 0 Å². The van der Waals surface area contributed by atoms with Crippen LogP contribution in [-0.2, 0) is 65.3 Å². The Kier molecular flexibility index (Phi) is 54.0. The van der Waals surface area contributed by atoms with E-state index in [1.54, 1.807) is 0 Å². The summed E-state index contributed by atoms with van der Waals surface area (Å²) in [5.74, 6) is 0. The average Bonchev–Trinajstić information content (AvgIpc) is 2.06. The van der Waals surface area contributed by atoms with Gasteiger partial charge < -0.3 is 42.0 Å². The van der Waals surface area contributed by atoms with Crippen LogP contribution in [0.1, 0.15) is 25.7 Å². The van der Waals surface area contributed by atoms with Crippen LogP contribution in [0.25, 0.3) is 0 Å². The molecule has 2 atom stereocenters. The smallest absolute Gasteiger partial charge is 0.748 e. The second-order valence-corrected chi connectivity index (χ2v) is 7.43. The Morgan fingerprint density at radius 1 is 0.652 bits per heavy atom. The summed E-state index contributed by atoms with van der Waals surface area (Å²) in [6, 6.07) is 0. The van der Waals surface area contributed by atoms with E-state index >= 15 is 0 Å². The molecule has 0 amide bonds. The van der Waals surface area contributed by atoms with Gasteiger partial charge in [-0.25, -0.2) is 8.42 Å². The largest absolute Gasteiger partial charge is 2.00 e. The van der Waals surface area contributed by atoms with E-state index in [1.807, 2.05) is 0 Å². The molecule has 17 heteroatoms. The number of unbranched alkanes of at least 4 members (excludes halogenated alkanes) is 3. The Balaban J connectivity index is -0.0000000536. The Hall–Kier alpha value is 0.834. The number of hydrogen-bond donors (Lipinski definition) is 0. The van der Waals surface area contributed by atoms with Gasteiger partial charge in [-0.3, -0.25) is 8.37 Å². The fourth-order valence-corrected chi connectivity index (χ4v) is 1.93. The van der Waals surface area contributed by atoms with Crippen LogP contribution < -0.4 is 0 Å². The molecule has 12 N–H and O–H groups in total. The Morgan fingerprint density at radius 2 is 0.870 bits per heavy atom. The molecule has 0 bridgehead atoms. The summed E-state index contributed by atoms with van der Waals surface area (Å²) in [4.78, 5) is 0. The van der Waals surface area contributed by atoms with E-state index in [2.05, 4.69) is 30.7 Å². The summed E-state index contributed by atoms with van der Waals surface area (Å²) in [6.07, 6.45) is 2.48. The first-order valence-corrected chi connectivity index (χ1v) is 9.08. The zero-order valence-electron chi connectivity index (χ0n) is 11.6. The second kappa shape index (κ2) is 25.1. The molecule has 0 spiro atoms. The van der Waals surface area contributed by atoms with Crippen molar-refractivity contribution in [2.75, 3.05) is 13.2 Å². The molecule has 0 aromatic rings. The minimum Gasteiger partial charge on any atom is -0.748 e. The Bertz CT molecular complexity index is 346. The van der Waals surface area contributed by atoms with Crippen LogP contribution in [0.4, 0.5) is 0 Å². The molecule has 2 unspecified atom stereocenters. The molecule has 0 rings (SSSR count). The quantitative estimate of drug-likeness (QED) is 0.230. The van der Waals surface area contributed by atoms with Gasteiger partial charge in [0.15, 0.2) is 0 Å². The van der Waals surface area contributed by atoms with Gasteiger partial charge >= 0.3 is 16.5 Å². The molecule has 0 aromatic carbocycles. The molecule has 0 saturated heterocycles. The molecular formula is C6H24NiO12S4. The van der Waals surface area contributed by atoms with Crippen LogP contribution in [0.5, 0.6) is 0 Å². The van der Waals surface area contributed by atoms with Gasteiger partial charge in [-0.1, -0.05) is 12.8 Å². The normalized spacial score (nSPS) is 13.1. The summed E-state index contributed by atoms with van der Waals surface area (Å²) in [7, 11) is -7.55. The predicted molar refractivity (Wildman–Crippen MR) is 84.6 cm³/mol. The first kappa shape index (κ1) is 49.6. The van der Waals surface area contributed by atoms with Gasteiger partial charge in [0, 0.05) is 0 Å². The summed E-state index contributed by atoms with van der Waals surface area (Å²) >= 11 is 7.99. The molecule has 0 radical (unpaired) electrons. The fraction of sp³-hybridized carbons (Fsp3) is 1.00. The van der Waals surface area contributed by atoms with Crippen LogP contribution in [0.15, 0.2) is 0 Å². The number of rotatable bonds is 9. The standard InChI is InChI=1S/C6H14O6S4.Ni.6H2O/c7-15(8,13)11-5-3-1-2-4-6-12-16(9,10)14;;;;;;;/h1-6H2,(H,7,8,13)(H,9,10,14);;6*1H2/q;+2;;;;;;/p-2. The fourth-order valence-electron chi connectivity index (χ4n) is 0.880. The van der Waals surface area contributed by atoms with Gasteiger partial charge in [-0.05, 0) is 35.2 Å². The van der Waals surface area contributed by atoms with Crippen molar-refractivity contribution < 1.29 is 75.2 Å². The molecule has 0 aliphatic rings. The SMILES string of the molecule is O.O.O.O.O.O.O=S([O-])(=S)OCCCCCCOS(=O)([O-])=S.[Ni+2]. The maximum Gasteiger partial charge on any atom is 2.00 e. The Labute approximate surface area is 154 Å². The van der Waals surface area contributed by atoms with Crippen LogP contribution in [0.3, 0.4) is 0 Å². The average molecular weight is 475 g/mol. The van der Waals surface area contributed by atoms with Crippen molar-refractivity contribution in [3.63, 3.8) is 0 Å². The first-order chi connectivity index (χ1) is 7.21. The third-order valence-electron chi connectivity index (χ3n) is 1.49. The van der Waals surface area contributed by atoms with Crippen molar-refractivity contribution in [3.05, 3.63) is 0 Å². The van der Waals surface area contributed by atoms with Gasteiger partial charge in [0.05, 0.1) is 31.3 Å². The topological polar surface area (TPSA) is 288 Å².